The van der Waals surface area contributed by atoms with Gasteiger partial charge in [-0.05, 0) is 25.0 Å². The van der Waals surface area contributed by atoms with E-state index < -0.39 is 8.53 Å². The number of nitrogens with one attached hydrogen (secondary N) is 1. The Hall–Kier alpha value is -1.99. The molecule has 1 unspecified atom stereocenters. The number of hydrogen-bond donors (Lipinski definition) is 3. The van der Waals surface area contributed by atoms with Crippen molar-refractivity contribution in [3.8, 4) is 0 Å². The van der Waals surface area contributed by atoms with Crippen molar-refractivity contribution in [2.45, 2.75) is 13.8 Å². The highest BCUT2D eigenvalue weighted by atomic mass is 31.2. The molecule has 1 heterocycles. The number of ketones is 2. The van der Waals surface area contributed by atoms with E-state index in [1.165, 1.54) is 0 Å². The van der Waals surface area contributed by atoms with Gasteiger partial charge < -0.3 is 10.2 Å². The molecule has 4 N–H and O–H groups in total. The lowest BCUT2D eigenvalue weighted by atomic mass is 9.81. The van der Waals surface area contributed by atoms with E-state index in [0.717, 1.165) is 37.3 Å². The number of hydroxylamine groups is 2. The summed E-state index contributed by atoms with van der Waals surface area (Å²) in [6.07, 6.45) is 0. The fourth-order valence-electron chi connectivity index (χ4n) is 3.30. The minimum atomic E-state index is -1.73. The SMILES string of the molecule is Cc1ccc2c(c1C)C(=O)c1ccccc1C2=O.NP(O)ON1CCNCC1. The second-order valence-corrected chi connectivity index (χ2v) is 7.47. The number of fused-ring (bicyclic) bond motifs is 2. The van der Waals surface area contributed by atoms with Gasteiger partial charge in [0.2, 0.25) is 0 Å². The number of carbonyl (C=O) groups is 2. The van der Waals surface area contributed by atoms with Gasteiger partial charge in [0.1, 0.15) is 0 Å². The van der Waals surface area contributed by atoms with Crippen LogP contribution in [0.1, 0.15) is 43.0 Å². The molecule has 0 saturated carbocycles. The van der Waals surface area contributed by atoms with Crippen LogP contribution in [0.3, 0.4) is 0 Å². The minimum Gasteiger partial charge on any atom is -0.337 e. The van der Waals surface area contributed by atoms with E-state index in [0.29, 0.717) is 22.3 Å². The van der Waals surface area contributed by atoms with Crippen molar-refractivity contribution in [3.63, 3.8) is 0 Å². The third kappa shape index (κ3) is 4.36. The van der Waals surface area contributed by atoms with Crippen LogP contribution >= 0.6 is 8.53 Å². The van der Waals surface area contributed by atoms with Gasteiger partial charge in [-0.3, -0.25) is 15.1 Å². The lowest BCUT2D eigenvalue weighted by Gasteiger charge is -2.26. The first-order valence-corrected chi connectivity index (χ1v) is 10.3. The second-order valence-electron chi connectivity index (χ2n) is 6.70. The minimum absolute atomic E-state index is 0.0404. The molecule has 0 aromatic heterocycles. The van der Waals surface area contributed by atoms with Gasteiger partial charge in [-0.2, -0.15) is 5.06 Å². The molecular weight excluding hydrogens is 377 g/mol. The number of hydrogen-bond acceptors (Lipinski definition) is 7. The Bertz CT molecular complexity index is 895. The normalized spacial score (nSPS) is 17.3. The zero-order chi connectivity index (χ0) is 20.3. The van der Waals surface area contributed by atoms with Crippen molar-refractivity contribution in [2.75, 3.05) is 26.2 Å². The topological polar surface area (TPSA) is 105 Å². The molecule has 28 heavy (non-hydrogen) atoms. The van der Waals surface area contributed by atoms with Gasteiger partial charge in [-0.25, -0.2) is 4.62 Å². The lowest BCUT2D eigenvalue weighted by Crippen LogP contribution is -2.42. The summed E-state index contributed by atoms with van der Waals surface area (Å²) in [5.41, 5.74) is 9.13. The summed E-state index contributed by atoms with van der Waals surface area (Å²) >= 11 is 0. The highest BCUT2D eigenvalue weighted by molar-refractivity contribution is 7.43. The second kappa shape index (κ2) is 9.01. The first-order valence-electron chi connectivity index (χ1n) is 9.06. The van der Waals surface area contributed by atoms with Gasteiger partial charge in [0.15, 0.2) is 11.6 Å². The molecule has 0 bridgehead atoms. The predicted molar refractivity (Wildman–Crippen MR) is 108 cm³/mol. The molecule has 8 heteroatoms. The van der Waals surface area contributed by atoms with Crippen LogP contribution in [0.15, 0.2) is 36.4 Å². The van der Waals surface area contributed by atoms with Crippen LogP contribution < -0.4 is 10.8 Å². The van der Waals surface area contributed by atoms with Crippen LogP contribution in [0.5, 0.6) is 0 Å². The van der Waals surface area contributed by atoms with Crippen LogP contribution in [-0.4, -0.2) is 47.7 Å². The number of aryl methyl sites for hydroxylation is 1. The van der Waals surface area contributed by atoms with Gasteiger partial charge in [0, 0.05) is 48.4 Å². The van der Waals surface area contributed by atoms with Crippen molar-refractivity contribution in [1.29, 1.82) is 0 Å². The molecule has 1 fully saturated rings. The molecule has 0 amide bonds. The van der Waals surface area contributed by atoms with Gasteiger partial charge in [-0.1, -0.05) is 36.4 Å². The van der Waals surface area contributed by atoms with Crippen LogP contribution in [0, 0.1) is 13.8 Å². The summed E-state index contributed by atoms with van der Waals surface area (Å²) in [5, 5.41) is 4.83. The number of nitrogens with two attached hydrogens (primary N) is 1. The summed E-state index contributed by atoms with van der Waals surface area (Å²) in [6, 6.07) is 10.7. The number of carbonyl (C=O) groups excluding carboxylic acids is 2. The van der Waals surface area contributed by atoms with Crippen molar-refractivity contribution in [1.82, 2.24) is 10.4 Å². The maximum absolute atomic E-state index is 12.5. The number of nitrogens with zero attached hydrogens (tertiary/aromatic N) is 1. The Kier molecular flexibility index (Phi) is 6.67. The molecular formula is C20H24N3O4P. The monoisotopic (exact) mass is 401 g/mol. The van der Waals surface area contributed by atoms with Crippen LogP contribution in [0.25, 0.3) is 0 Å². The van der Waals surface area contributed by atoms with E-state index in [-0.39, 0.29) is 11.6 Å². The summed E-state index contributed by atoms with van der Waals surface area (Å²) in [4.78, 5) is 33.5. The lowest BCUT2D eigenvalue weighted by molar-refractivity contribution is -0.0645. The number of rotatable bonds is 2. The number of benzene rings is 2. The van der Waals surface area contributed by atoms with Crippen LogP contribution in [0.4, 0.5) is 0 Å². The molecule has 148 valence electrons. The largest absolute Gasteiger partial charge is 0.337 e. The third-order valence-corrected chi connectivity index (χ3v) is 5.30. The fraction of sp³-hybridized carbons (Fsp3) is 0.300. The smallest absolute Gasteiger partial charge is 0.268 e. The van der Waals surface area contributed by atoms with Crippen molar-refractivity contribution >= 4 is 20.1 Å². The van der Waals surface area contributed by atoms with Crippen molar-refractivity contribution in [3.05, 3.63) is 69.8 Å². The highest BCUT2D eigenvalue weighted by Crippen LogP contribution is 2.30. The first kappa shape index (κ1) is 20.7. The molecule has 1 aliphatic heterocycles. The quantitative estimate of drug-likeness (QED) is 0.565. The molecule has 2 aliphatic rings. The summed E-state index contributed by atoms with van der Waals surface area (Å²) in [5.74, 6) is -0.0929. The standard InChI is InChI=1S/C16H12O2.C4H12N3O2P/c1-9-7-8-13-14(10(9)2)16(18)12-6-4-3-5-11(12)15(13)17;5-10(8)9-7-3-1-6-2-4-7/h3-8H,1-2H3;6,8H,1-5H2. The Morgan fingerprint density at radius 2 is 1.61 bits per heavy atom. The molecule has 7 nitrogen and oxygen atoms in total. The summed E-state index contributed by atoms with van der Waals surface area (Å²) in [6.45, 7) is 7.21. The van der Waals surface area contributed by atoms with Gasteiger partial charge in [0.25, 0.3) is 8.53 Å². The number of piperazine rings is 1. The molecule has 2 aromatic rings. The van der Waals surface area contributed by atoms with E-state index in [1.54, 1.807) is 35.4 Å². The third-order valence-electron chi connectivity index (χ3n) is 4.90. The Morgan fingerprint density at radius 3 is 2.21 bits per heavy atom. The fourth-order valence-corrected chi connectivity index (χ4v) is 3.70. The zero-order valence-corrected chi connectivity index (χ0v) is 16.8. The molecule has 4 rings (SSSR count). The van der Waals surface area contributed by atoms with E-state index in [1.807, 2.05) is 19.9 Å². The van der Waals surface area contributed by atoms with E-state index >= 15 is 0 Å². The highest BCUT2D eigenvalue weighted by Gasteiger charge is 2.30. The van der Waals surface area contributed by atoms with Gasteiger partial charge in [0.05, 0.1) is 0 Å². The zero-order valence-electron chi connectivity index (χ0n) is 15.9. The van der Waals surface area contributed by atoms with Crippen molar-refractivity contribution in [2.24, 2.45) is 5.50 Å². The van der Waals surface area contributed by atoms with E-state index in [2.05, 4.69) is 5.32 Å². The summed E-state index contributed by atoms with van der Waals surface area (Å²) in [7, 11) is -1.73. The van der Waals surface area contributed by atoms with Gasteiger partial charge >= 0.3 is 0 Å². The van der Waals surface area contributed by atoms with E-state index in [9.17, 15) is 9.59 Å². The van der Waals surface area contributed by atoms with E-state index in [4.69, 9.17) is 15.0 Å². The Balaban J connectivity index is 0.000000192. The Labute approximate surface area is 165 Å². The maximum Gasteiger partial charge on any atom is 0.268 e. The van der Waals surface area contributed by atoms with Crippen molar-refractivity contribution < 1.29 is 19.1 Å². The molecule has 0 spiro atoms. The van der Waals surface area contributed by atoms with Crippen LogP contribution in [0.2, 0.25) is 0 Å². The molecule has 1 atom stereocenters. The predicted octanol–water partition coefficient (Wildman–Crippen LogP) is 2.08. The average Bonchev–Trinajstić information content (AvgIpc) is 2.69. The maximum atomic E-state index is 12.5. The average molecular weight is 401 g/mol. The Morgan fingerprint density at radius 1 is 1.00 bits per heavy atom. The molecule has 0 radical (unpaired) electrons. The molecule has 1 aliphatic carbocycles. The van der Waals surface area contributed by atoms with Crippen LogP contribution in [-0.2, 0) is 4.62 Å². The summed E-state index contributed by atoms with van der Waals surface area (Å²) < 4.78 is 4.88. The van der Waals surface area contributed by atoms with Gasteiger partial charge in [-0.15, -0.1) is 0 Å². The molecule has 2 aromatic carbocycles. The first-order chi connectivity index (χ1) is 13.4. The molecule has 1 saturated heterocycles.